The smallest absolute Gasteiger partial charge is 0.481 e. The monoisotopic (exact) mass is 349 g/mol. The number of nitrogens with zero attached hydrogens (tertiary/aromatic N) is 1. The van der Waals surface area contributed by atoms with Gasteiger partial charge in [-0.05, 0) is 27.6 Å². The van der Waals surface area contributed by atoms with Crippen LogP contribution in [0.25, 0.3) is 0 Å². The lowest BCUT2D eigenvalue weighted by Crippen LogP contribution is -2.19. The van der Waals surface area contributed by atoms with Gasteiger partial charge in [0, 0.05) is 0 Å². The van der Waals surface area contributed by atoms with Crippen LogP contribution in [-0.4, -0.2) is 22.4 Å². The van der Waals surface area contributed by atoms with Crippen molar-refractivity contribution >= 4 is 21.9 Å². The molecule has 106 valence electrons. The molecule has 0 amide bonds. The second kappa shape index (κ2) is 5.68. The van der Waals surface area contributed by atoms with Gasteiger partial charge in [0.15, 0.2) is 0 Å². The Bertz CT molecular complexity index is 491. The summed E-state index contributed by atoms with van der Waals surface area (Å²) in [5.41, 5.74) is -1.31. The standard InChI is InChI=1S/C9H5BrF5NO3/c10-6-3(2-5(17)18)1-4(7(11)12)8(16-6)19-9(13,14)15/h1,7H,2H2,(H,17,18). The first-order valence-corrected chi connectivity index (χ1v) is 5.34. The van der Waals surface area contributed by atoms with Crippen LogP contribution in [0.5, 0.6) is 5.88 Å². The van der Waals surface area contributed by atoms with Gasteiger partial charge in [-0.3, -0.25) is 4.79 Å². The molecule has 0 aliphatic rings. The van der Waals surface area contributed by atoms with Crippen LogP contribution in [0.3, 0.4) is 0 Å². The predicted octanol–water partition coefficient (Wildman–Crippen LogP) is 3.31. The zero-order valence-electron chi connectivity index (χ0n) is 8.84. The highest BCUT2D eigenvalue weighted by molar-refractivity contribution is 9.10. The molecular weight excluding hydrogens is 345 g/mol. The fourth-order valence-electron chi connectivity index (χ4n) is 1.17. The predicted molar refractivity (Wildman–Crippen MR) is 54.9 cm³/mol. The van der Waals surface area contributed by atoms with Crippen LogP contribution in [0.15, 0.2) is 10.7 Å². The van der Waals surface area contributed by atoms with E-state index in [1.54, 1.807) is 0 Å². The van der Waals surface area contributed by atoms with Crippen LogP contribution < -0.4 is 4.74 Å². The van der Waals surface area contributed by atoms with Crippen molar-refractivity contribution in [2.45, 2.75) is 19.2 Å². The van der Waals surface area contributed by atoms with E-state index >= 15 is 0 Å². The maximum Gasteiger partial charge on any atom is 0.574 e. The summed E-state index contributed by atoms with van der Waals surface area (Å²) in [5, 5.41) is 8.53. The molecule has 0 radical (unpaired) electrons. The number of carboxylic acids is 1. The van der Waals surface area contributed by atoms with Gasteiger partial charge < -0.3 is 9.84 Å². The van der Waals surface area contributed by atoms with Gasteiger partial charge in [0.1, 0.15) is 4.60 Å². The van der Waals surface area contributed by atoms with Gasteiger partial charge in [0.2, 0.25) is 5.88 Å². The molecule has 0 bridgehead atoms. The molecule has 0 aliphatic carbocycles. The van der Waals surface area contributed by atoms with Crippen molar-refractivity contribution in [3.63, 3.8) is 0 Å². The molecule has 0 unspecified atom stereocenters. The first kappa shape index (κ1) is 15.6. The zero-order chi connectivity index (χ0) is 14.8. The van der Waals surface area contributed by atoms with Crippen LogP contribution in [0.2, 0.25) is 0 Å². The largest absolute Gasteiger partial charge is 0.574 e. The maximum atomic E-state index is 12.6. The van der Waals surface area contributed by atoms with Gasteiger partial charge in [0.05, 0.1) is 12.0 Å². The Morgan fingerprint density at radius 1 is 1.47 bits per heavy atom. The molecule has 0 atom stereocenters. The van der Waals surface area contributed by atoms with E-state index in [9.17, 15) is 26.7 Å². The lowest BCUT2D eigenvalue weighted by atomic mass is 10.1. The number of halogens is 6. The summed E-state index contributed by atoms with van der Waals surface area (Å²) < 4.78 is 64.3. The molecule has 0 saturated heterocycles. The van der Waals surface area contributed by atoms with Gasteiger partial charge in [0.25, 0.3) is 6.43 Å². The van der Waals surface area contributed by atoms with Crippen molar-refractivity contribution < 1.29 is 36.6 Å². The van der Waals surface area contributed by atoms with Crippen molar-refractivity contribution in [1.29, 1.82) is 0 Å². The van der Waals surface area contributed by atoms with E-state index in [1.165, 1.54) is 0 Å². The first-order chi connectivity index (χ1) is 8.60. The number of rotatable bonds is 4. The highest BCUT2D eigenvalue weighted by atomic mass is 79.9. The highest BCUT2D eigenvalue weighted by Crippen LogP contribution is 2.34. The number of aliphatic carboxylic acids is 1. The normalized spacial score (nSPS) is 11.7. The van der Waals surface area contributed by atoms with Crippen LogP contribution in [0.1, 0.15) is 17.6 Å². The molecule has 1 heterocycles. The third-order valence-corrected chi connectivity index (χ3v) is 2.52. The van der Waals surface area contributed by atoms with E-state index < -0.39 is 36.6 Å². The third kappa shape index (κ3) is 4.62. The summed E-state index contributed by atoms with van der Waals surface area (Å²) in [4.78, 5) is 13.6. The summed E-state index contributed by atoms with van der Waals surface area (Å²) in [5.74, 6) is -2.66. The van der Waals surface area contributed by atoms with Gasteiger partial charge in [-0.1, -0.05) is 0 Å². The third-order valence-electron chi connectivity index (χ3n) is 1.83. The number of hydrogen-bond acceptors (Lipinski definition) is 3. The summed E-state index contributed by atoms with van der Waals surface area (Å²) >= 11 is 2.70. The second-order valence-electron chi connectivity index (χ2n) is 3.25. The minimum Gasteiger partial charge on any atom is -0.481 e. The number of aromatic nitrogens is 1. The molecule has 10 heteroatoms. The molecule has 0 aliphatic heterocycles. The van der Waals surface area contributed by atoms with Crippen molar-refractivity contribution in [2.75, 3.05) is 0 Å². The number of carbonyl (C=O) groups is 1. The molecule has 0 fully saturated rings. The molecule has 1 aromatic heterocycles. The number of carboxylic acid groups (broad SMARTS) is 1. The molecule has 19 heavy (non-hydrogen) atoms. The number of pyridine rings is 1. The average molecular weight is 350 g/mol. The SMILES string of the molecule is O=C(O)Cc1cc(C(F)F)c(OC(F)(F)F)nc1Br. The van der Waals surface area contributed by atoms with E-state index in [1.807, 2.05) is 0 Å². The molecule has 0 spiro atoms. The van der Waals surface area contributed by atoms with Crippen LogP contribution >= 0.6 is 15.9 Å². The van der Waals surface area contributed by atoms with Crippen molar-refractivity contribution in [3.8, 4) is 5.88 Å². The van der Waals surface area contributed by atoms with E-state index in [2.05, 4.69) is 25.7 Å². The molecule has 0 saturated carbocycles. The van der Waals surface area contributed by atoms with Crippen molar-refractivity contribution in [3.05, 3.63) is 21.8 Å². The molecule has 1 N–H and O–H groups in total. The van der Waals surface area contributed by atoms with E-state index in [0.29, 0.717) is 6.07 Å². The summed E-state index contributed by atoms with van der Waals surface area (Å²) in [6, 6.07) is 0.608. The number of alkyl halides is 5. The van der Waals surface area contributed by atoms with Gasteiger partial charge in [-0.2, -0.15) is 0 Å². The summed E-state index contributed by atoms with van der Waals surface area (Å²) in [6.07, 6.45) is -9.13. The zero-order valence-corrected chi connectivity index (χ0v) is 10.4. The van der Waals surface area contributed by atoms with Crippen LogP contribution in [-0.2, 0) is 11.2 Å². The maximum absolute atomic E-state index is 12.6. The fourth-order valence-corrected chi connectivity index (χ4v) is 1.58. The lowest BCUT2D eigenvalue weighted by Gasteiger charge is -2.13. The van der Waals surface area contributed by atoms with Gasteiger partial charge in [-0.15, -0.1) is 13.2 Å². The van der Waals surface area contributed by atoms with E-state index in [-0.39, 0.29) is 10.2 Å². The summed E-state index contributed by atoms with van der Waals surface area (Å²) in [7, 11) is 0. The minimum atomic E-state index is -5.18. The molecule has 0 aromatic carbocycles. The van der Waals surface area contributed by atoms with Gasteiger partial charge in [-0.25, -0.2) is 13.8 Å². The Hall–Kier alpha value is -1.45. The molecule has 4 nitrogen and oxygen atoms in total. The Kier molecular flexibility index (Phi) is 4.66. The Balaban J connectivity index is 3.25. The first-order valence-electron chi connectivity index (χ1n) is 4.55. The molecular formula is C9H5BrF5NO3. The molecule has 1 aromatic rings. The van der Waals surface area contributed by atoms with Crippen LogP contribution in [0.4, 0.5) is 22.0 Å². The molecule has 1 rings (SSSR count). The fraction of sp³-hybridized carbons (Fsp3) is 0.333. The number of ether oxygens (including phenoxy) is 1. The van der Waals surface area contributed by atoms with Crippen molar-refractivity contribution in [2.24, 2.45) is 0 Å². The average Bonchev–Trinajstić information content (AvgIpc) is 2.18. The highest BCUT2D eigenvalue weighted by Gasteiger charge is 2.34. The van der Waals surface area contributed by atoms with Gasteiger partial charge >= 0.3 is 12.3 Å². The van der Waals surface area contributed by atoms with E-state index in [0.717, 1.165) is 0 Å². The van der Waals surface area contributed by atoms with Crippen molar-refractivity contribution in [1.82, 2.24) is 4.98 Å². The quantitative estimate of drug-likeness (QED) is 0.669. The topological polar surface area (TPSA) is 59.4 Å². The number of hydrogen-bond donors (Lipinski definition) is 1. The minimum absolute atomic E-state index is 0.183. The summed E-state index contributed by atoms with van der Waals surface area (Å²) in [6.45, 7) is 0. The Morgan fingerprint density at radius 2 is 2.05 bits per heavy atom. The van der Waals surface area contributed by atoms with Crippen LogP contribution in [0, 0.1) is 0 Å². The Labute approximate surface area is 111 Å². The second-order valence-corrected chi connectivity index (χ2v) is 4.00. The lowest BCUT2D eigenvalue weighted by molar-refractivity contribution is -0.276. The Morgan fingerprint density at radius 3 is 2.47 bits per heavy atom. The van der Waals surface area contributed by atoms with E-state index in [4.69, 9.17) is 5.11 Å².